The summed E-state index contributed by atoms with van der Waals surface area (Å²) in [4.78, 5) is 110. The summed E-state index contributed by atoms with van der Waals surface area (Å²) in [6.45, 7) is 0.642. The molecule has 10 rings (SSSR count). The van der Waals surface area contributed by atoms with Crippen molar-refractivity contribution in [3.8, 4) is 22.5 Å². The Labute approximate surface area is 445 Å². The van der Waals surface area contributed by atoms with Crippen molar-refractivity contribution in [3.05, 3.63) is 157 Å². The van der Waals surface area contributed by atoms with Gasteiger partial charge in [-0.15, -0.1) is 0 Å². The van der Waals surface area contributed by atoms with Gasteiger partial charge in [-0.3, -0.25) is 28.8 Å². The van der Waals surface area contributed by atoms with Crippen LogP contribution in [-0.4, -0.2) is 102 Å². The van der Waals surface area contributed by atoms with E-state index in [0.29, 0.717) is 57.4 Å². The van der Waals surface area contributed by atoms with E-state index < -0.39 is 104 Å². The number of aryl methyl sites for hydroxylation is 1. The second-order valence-corrected chi connectivity index (χ2v) is 19.5. The van der Waals surface area contributed by atoms with Crippen LogP contribution in [0.1, 0.15) is 81.8 Å². The fraction of sp³-hybridized carbons (Fsp3) is 0.316. The van der Waals surface area contributed by atoms with Gasteiger partial charge in [0.1, 0.15) is 45.0 Å². The SMILES string of the molecule is CC[C@@]1(O)C(=O)OCc2c1cc1n(c2=O)Cc2c-1nc1cc(F)c(C)c3c1c2[C@@H](NC(=O)COCNC(=O)CNC(=O)C(Cc1ccccc1)NC(=O)CNC(=O)CNC(=O)OCC1c2ccccc2-c2ccccc21)CC3. The van der Waals surface area contributed by atoms with Crippen molar-refractivity contribution in [2.75, 3.05) is 39.6 Å². The molecular weight excluding hydrogens is 1010 g/mol. The van der Waals surface area contributed by atoms with Gasteiger partial charge in [0.25, 0.3) is 5.56 Å². The topological polar surface area (TPSA) is 274 Å². The third-order valence-electron chi connectivity index (χ3n) is 14.9. The number of aromatic nitrogens is 2. The molecule has 21 heteroatoms. The number of benzene rings is 4. The van der Waals surface area contributed by atoms with E-state index in [9.17, 15) is 43.5 Å². The zero-order valence-electron chi connectivity index (χ0n) is 42.6. The van der Waals surface area contributed by atoms with E-state index in [-0.39, 0.29) is 49.6 Å². The molecule has 6 amide bonds. The number of hydrogen-bond acceptors (Lipinski definition) is 13. The number of aliphatic hydroxyl groups is 1. The van der Waals surface area contributed by atoms with Crippen LogP contribution in [-0.2, 0) is 74.6 Å². The summed E-state index contributed by atoms with van der Waals surface area (Å²) in [6, 6.07) is 25.7. The first kappa shape index (κ1) is 52.6. The Morgan fingerprint density at radius 3 is 2.24 bits per heavy atom. The number of nitrogens with one attached hydrogen (secondary N) is 6. The minimum atomic E-state index is -2.05. The molecule has 4 heterocycles. The monoisotopic (exact) mass is 1060 g/mol. The van der Waals surface area contributed by atoms with Crippen LogP contribution in [0.2, 0.25) is 0 Å². The maximum Gasteiger partial charge on any atom is 0.407 e. The van der Waals surface area contributed by atoms with Gasteiger partial charge < -0.3 is 55.8 Å². The van der Waals surface area contributed by atoms with E-state index in [1.54, 1.807) is 50.2 Å². The Bertz CT molecular complexity index is 3470. The van der Waals surface area contributed by atoms with E-state index in [1.165, 1.54) is 10.6 Å². The van der Waals surface area contributed by atoms with Crippen molar-refractivity contribution in [2.45, 2.75) is 76.3 Å². The van der Waals surface area contributed by atoms with Crippen LogP contribution in [0, 0.1) is 12.7 Å². The molecule has 0 radical (unpaired) electrons. The van der Waals surface area contributed by atoms with Gasteiger partial charge in [0.15, 0.2) is 5.60 Å². The summed E-state index contributed by atoms with van der Waals surface area (Å²) >= 11 is 0. The van der Waals surface area contributed by atoms with Gasteiger partial charge in [0.05, 0.1) is 48.1 Å². The number of alkyl carbamates (subject to hydrolysis) is 1. The number of carbonyl (C=O) groups is 7. The van der Waals surface area contributed by atoms with Gasteiger partial charge in [-0.25, -0.2) is 19.0 Å². The van der Waals surface area contributed by atoms with Crippen molar-refractivity contribution >= 4 is 52.5 Å². The van der Waals surface area contributed by atoms with Crippen molar-refractivity contribution < 1.29 is 57.3 Å². The van der Waals surface area contributed by atoms with Gasteiger partial charge in [-0.05, 0) is 76.8 Å². The first-order valence-electron chi connectivity index (χ1n) is 25.5. The fourth-order valence-electron chi connectivity index (χ4n) is 10.9. The molecule has 2 aliphatic carbocycles. The summed E-state index contributed by atoms with van der Waals surface area (Å²) < 4.78 is 33.1. The second kappa shape index (κ2) is 22.0. The summed E-state index contributed by atoms with van der Waals surface area (Å²) in [7, 11) is 0. The molecule has 7 N–H and O–H groups in total. The average molecular weight is 1060 g/mol. The lowest BCUT2D eigenvalue weighted by molar-refractivity contribution is -0.172. The summed E-state index contributed by atoms with van der Waals surface area (Å²) in [5.74, 6) is -4.81. The minimum Gasteiger partial charge on any atom is -0.458 e. The van der Waals surface area contributed by atoms with Crippen LogP contribution < -0.4 is 37.5 Å². The van der Waals surface area contributed by atoms with E-state index in [1.807, 2.05) is 48.5 Å². The van der Waals surface area contributed by atoms with Crippen LogP contribution >= 0.6 is 0 Å². The molecule has 0 spiro atoms. The van der Waals surface area contributed by atoms with Crippen LogP contribution in [0.25, 0.3) is 33.4 Å². The zero-order valence-corrected chi connectivity index (χ0v) is 42.6. The highest BCUT2D eigenvalue weighted by atomic mass is 19.1. The Hall–Kier alpha value is -8.82. The Kier molecular flexibility index (Phi) is 14.9. The number of carbonyl (C=O) groups excluding carboxylic acids is 7. The Balaban J connectivity index is 0.700. The Morgan fingerprint density at radius 1 is 0.833 bits per heavy atom. The maximum atomic E-state index is 15.4. The van der Waals surface area contributed by atoms with Crippen LogP contribution in [0.4, 0.5) is 9.18 Å². The highest BCUT2D eigenvalue weighted by Gasteiger charge is 2.46. The standard InChI is InChI=1S/C57H55FN8O12/c1-3-57(75)40-20-45-52-37(25-66(45)54(72)39(40)27-77-55(57)73)51-42(18-17-32-30(2)41(58)21-43(65-52)50(32)51)63-49(70)28-76-29-62-47(68)22-60-53(71)44(19-31-11-5-4-6-12-31)64-48(69)24-59-46(67)23-61-56(74)78-26-38-35-15-9-7-13-33(35)34-14-8-10-16-36(34)38/h4-16,20-21,38,42,44,75H,3,17-19,22-29H2,1-2H3,(H,59,67)(H,60,71)(H,61,74)(H,62,68)(H,63,70)(H,64,69)/t42-,44?,57-/m0/s1. The first-order valence-corrected chi connectivity index (χ1v) is 25.5. The summed E-state index contributed by atoms with van der Waals surface area (Å²) in [5.41, 5.74) is 6.10. The van der Waals surface area contributed by atoms with Crippen LogP contribution in [0.5, 0.6) is 0 Å². The summed E-state index contributed by atoms with van der Waals surface area (Å²) in [5, 5.41) is 27.4. The molecule has 20 nitrogen and oxygen atoms in total. The van der Waals surface area contributed by atoms with Gasteiger partial charge in [-0.2, -0.15) is 0 Å². The first-order chi connectivity index (χ1) is 37.6. The predicted molar refractivity (Wildman–Crippen MR) is 279 cm³/mol. The quantitative estimate of drug-likeness (QED) is 0.0370. The molecule has 402 valence electrons. The molecule has 2 aromatic heterocycles. The number of esters is 1. The normalized spacial score (nSPS) is 16.8. The van der Waals surface area contributed by atoms with Crippen molar-refractivity contribution in [3.63, 3.8) is 0 Å². The van der Waals surface area contributed by atoms with Gasteiger partial charge >= 0.3 is 12.1 Å². The van der Waals surface area contributed by atoms with Gasteiger partial charge in [0.2, 0.25) is 29.5 Å². The number of cyclic esters (lactones) is 1. The third kappa shape index (κ3) is 10.3. The molecule has 4 aromatic carbocycles. The molecule has 3 atom stereocenters. The molecule has 6 aromatic rings. The van der Waals surface area contributed by atoms with E-state index >= 15 is 4.39 Å². The number of nitrogens with zero attached hydrogens (tertiary/aromatic N) is 2. The summed E-state index contributed by atoms with van der Waals surface area (Å²) in [6.07, 6.45) is -0.0415. The lowest BCUT2D eigenvalue weighted by Crippen LogP contribution is -2.52. The second-order valence-electron chi connectivity index (χ2n) is 19.5. The van der Waals surface area contributed by atoms with Crippen molar-refractivity contribution in [1.82, 2.24) is 41.5 Å². The molecule has 1 unspecified atom stereocenters. The van der Waals surface area contributed by atoms with E-state index in [4.69, 9.17) is 19.2 Å². The highest BCUT2D eigenvalue weighted by molar-refractivity contribution is 5.95. The van der Waals surface area contributed by atoms with Crippen LogP contribution in [0.15, 0.2) is 95.8 Å². The molecule has 0 bridgehead atoms. The zero-order chi connectivity index (χ0) is 54.8. The number of amides is 6. The average Bonchev–Trinajstić information content (AvgIpc) is 3.92. The fourth-order valence-corrected chi connectivity index (χ4v) is 10.9. The van der Waals surface area contributed by atoms with Gasteiger partial charge in [-0.1, -0.05) is 85.8 Å². The maximum absolute atomic E-state index is 15.4. The Morgan fingerprint density at radius 2 is 1.51 bits per heavy atom. The molecule has 78 heavy (non-hydrogen) atoms. The number of pyridine rings is 2. The van der Waals surface area contributed by atoms with Gasteiger partial charge in [0, 0.05) is 34.9 Å². The molecule has 4 aliphatic rings. The highest BCUT2D eigenvalue weighted by Crippen LogP contribution is 2.47. The molecule has 0 saturated carbocycles. The molecule has 0 saturated heterocycles. The predicted octanol–water partition coefficient (Wildman–Crippen LogP) is 3.22. The van der Waals surface area contributed by atoms with E-state index in [2.05, 4.69) is 31.9 Å². The van der Waals surface area contributed by atoms with Crippen molar-refractivity contribution in [1.29, 1.82) is 0 Å². The van der Waals surface area contributed by atoms with Crippen molar-refractivity contribution in [2.24, 2.45) is 0 Å². The number of hydrogen-bond donors (Lipinski definition) is 7. The molecule has 2 aliphatic heterocycles. The third-order valence-corrected chi connectivity index (χ3v) is 14.9. The molecule has 0 fully saturated rings. The number of ether oxygens (including phenoxy) is 3. The lowest BCUT2D eigenvalue weighted by Gasteiger charge is -2.31. The molecular formula is C57H55FN8O12. The van der Waals surface area contributed by atoms with E-state index in [0.717, 1.165) is 27.8 Å². The number of fused-ring (bicyclic) bond motifs is 8. The minimum absolute atomic E-state index is 0.0423. The van der Waals surface area contributed by atoms with Crippen LogP contribution in [0.3, 0.4) is 0 Å². The smallest absolute Gasteiger partial charge is 0.407 e. The number of halogens is 1. The largest absolute Gasteiger partial charge is 0.458 e. The number of rotatable bonds is 18. The lowest BCUT2D eigenvalue weighted by atomic mass is 9.81.